The van der Waals surface area contributed by atoms with Crippen molar-refractivity contribution >= 4 is 45.8 Å². The number of nitrogens with zero attached hydrogens (tertiary/aromatic N) is 2. The summed E-state index contributed by atoms with van der Waals surface area (Å²) in [4.78, 5) is 38.3. The summed E-state index contributed by atoms with van der Waals surface area (Å²) in [7, 11) is 0. The molecular formula is C23H24ClN3O6S. The number of rotatable bonds is 10. The molecule has 3 aromatic rings. The second kappa shape index (κ2) is 11.7. The highest BCUT2D eigenvalue weighted by molar-refractivity contribution is 7.18. The Hall–Kier alpha value is -3.37. The van der Waals surface area contributed by atoms with E-state index in [1.807, 2.05) is 6.92 Å². The average Bonchev–Trinajstić information content (AvgIpc) is 3.41. The Kier molecular flexibility index (Phi) is 8.67. The van der Waals surface area contributed by atoms with Crippen LogP contribution in [0.25, 0.3) is 0 Å². The summed E-state index contributed by atoms with van der Waals surface area (Å²) < 4.78 is 17.4. The van der Waals surface area contributed by atoms with Gasteiger partial charge in [-0.1, -0.05) is 30.7 Å². The summed E-state index contributed by atoms with van der Waals surface area (Å²) in [5, 5.41) is 7.44. The number of para-hydroxylation sites is 1. The number of thiophene rings is 1. The van der Waals surface area contributed by atoms with E-state index in [2.05, 4.69) is 10.4 Å². The van der Waals surface area contributed by atoms with Gasteiger partial charge in [0.15, 0.2) is 6.73 Å². The normalized spacial score (nSPS) is 10.6. The molecule has 9 nitrogen and oxygen atoms in total. The third kappa shape index (κ3) is 5.75. The highest BCUT2D eigenvalue weighted by atomic mass is 35.5. The minimum atomic E-state index is -0.628. The highest BCUT2D eigenvalue weighted by Gasteiger charge is 2.28. The smallest absolute Gasteiger partial charge is 0.348 e. The number of hydrogen-bond acceptors (Lipinski definition) is 8. The summed E-state index contributed by atoms with van der Waals surface area (Å²) in [5.41, 5.74) is 0.687. The Morgan fingerprint density at radius 2 is 1.88 bits per heavy atom. The van der Waals surface area contributed by atoms with Crippen LogP contribution in [0.15, 0.2) is 36.5 Å². The second-order valence-corrected chi connectivity index (χ2v) is 8.42. The molecule has 0 saturated heterocycles. The van der Waals surface area contributed by atoms with Gasteiger partial charge in [0.2, 0.25) is 0 Å². The fraction of sp³-hybridized carbons (Fsp3) is 0.304. The van der Waals surface area contributed by atoms with Gasteiger partial charge in [-0.15, -0.1) is 11.3 Å². The zero-order valence-corrected chi connectivity index (χ0v) is 20.5. The molecule has 2 aromatic heterocycles. The molecule has 0 radical (unpaired) electrons. The van der Waals surface area contributed by atoms with Crippen molar-refractivity contribution in [3.8, 4) is 5.75 Å². The number of carbonyl (C=O) groups is 3. The van der Waals surface area contributed by atoms with Crippen molar-refractivity contribution in [1.29, 1.82) is 0 Å². The van der Waals surface area contributed by atoms with E-state index in [4.69, 9.17) is 25.8 Å². The van der Waals surface area contributed by atoms with E-state index in [-0.39, 0.29) is 41.1 Å². The third-order valence-electron chi connectivity index (χ3n) is 4.60. The lowest BCUT2D eigenvalue weighted by Crippen LogP contribution is -2.20. The molecule has 0 aliphatic rings. The molecule has 0 saturated carbocycles. The van der Waals surface area contributed by atoms with Crippen molar-refractivity contribution < 1.29 is 28.6 Å². The summed E-state index contributed by atoms with van der Waals surface area (Å²) in [5.74, 6) is -1.30. The van der Waals surface area contributed by atoms with E-state index in [0.717, 1.165) is 11.3 Å². The van der Waals surface area contributed by atoms with Crippen molar-refractivity contribution in [2.45, 2.75) is 33.9 Å². The van der Waals surface area contributed by atoms with E-state index >= 15 is 0 Å². The molecule has 0 atom stereocenters. The lowest BCUT2D eigenvalue weighted by Gasteiger charge is -2.11. The van der Waals surface area contributed by atoms with Crippen LogP contribution in [0.5, 0.6) is 5.75 Å². The highest BCUT2D eigenvalue weighted by Crippen LogP contribution is 2.34. The molecule has 1 N–H and O–H groups in total. The summed E-state index contributed by atoms with van der Waals surface area (Å²) in [6.45, 7) is 5.49. The van der Waals surface area contributed by atoms with Crippen LogP contribution in [0.3, 0.4) is 0 Å². The number of halogens is 1. The standard InChI is InChI=1S/C23H24ClN3O6S/c1-4-12-32-22(29)18-14(3)19(23(30)31-5-2)34-21(18)26-20(28)16-10-11-25-27(16)13-33-17-9-7-6-8-15(17)24/h6-11H,4-5,12-13H2,1-3H3,(H,26,28). The molecule has 34 heavy (non-hydrogen) atoms. The largest absolute Gasteiger partial charge is 0.470 e. The van der Waals surface area contributed by atoms with Gasteiger partial charge in [0.25, 0.3) is 5.91 Å². The maximum Gasteiger partial charge on any atom is 0.348 e. The van der Waals surface area contributed by atoms with Crippen LogP contribution in [-0.4, -0.2) is 40.8 Å². The zero-order chi connectivity index (χ0) is 24.7. The second-order valence-electron chi connectivity index (χ2n) is 6.99. The Labute approximate surface area is 205 Å². The molecule has 2 heterocycles. The Morgan fingerprint density at radius 1 is 1.12 bits per heavy atom. The van der Waals surface area contributed by atoms with Gasteiger partial charge in [-0.3, -0.25) is 4.79 Å². The van der Waals surface area contributed by atoms with Crippen molar-refractivity contribution in [2.75, 3.05) is 18.5 Å². The number of benzene rings is 1. The minimum Gasteiger partial charge on any atom is -0.470 e. The van der Waals surface area contributed by atoms with Gasteiger partial charge in [0.05, 0.1) is 23.8 Å². The maximum atomic E-state index is 13.1. The van der Waals surface area contributed by atoms with Crippen LogP contribution in [0.2, 0.25) is 5.02 Å². The van der Waals surface area contributed by atoms with Crippen molar-refractivity contribution in [2.24, 2.45) is 0 Å². The van der Waals surface area contributed by atoms with Gasteiger partial charge in [-0.2, -0.15) is 5.10 Å². The summed E-state index contributed by atoms with van der Waals surface area (Å²) in [6, 6.07) is 8.45. The van der Waals surface area contributed by atoms with Crippen LogP contribution in [0.1, 0.15) is 56.3 Å². The quantitative estimate of drug-likeness (QED) is 0.389. The van der Waals surface area contributed by atoms with E-state index in [9.17, 15) is 14.4 Å². The molecule has 0 aliphatic heterocycles. The van der Waals surface area contributed by atoms with Gasteiger partial charge in [-0.05, 0) is 44.0 Å². The van der Waals surface area contributed by atoms with E-state index in [1.165, 1.54) is 16.9 Å². The monoisotopic (exact) mass is 505 g/mol. The maximum absolute atomic E-state index is 13.1. The molecule has 0 fully saturated rings. The Balaban J connectivity index is 1.85. The lowest BCUT2D eigenvalue weighted by atomic mass is 10.1. The number of nitrogens with one attached hydrogen (secondary N) is 1. The lowest BCUT2D eigenvalue weighted by molar-refractivity contribution is 0.0506. The molecule has 1 amide bonds. The average molecular weight is 506 g/mol. The molecule has 180 valence electrons. The first-order valence-electron chi connectivity index (χ1n) is 10.5. The molecule has 1 aromatic carbocycles. The topological polar surface area (TPSA) is 109 Å². The molecule has 0 spiro atoms. The molecule has 0 unspecified atom stereocenters. The zero-order valence-electron chi connectivity index (χ0n) is 18.9. The van der Waals surface area contributed by atoms with Crippen LogP contribution in [0.4, 0.5) is 5.00 Å². The van der Waals surface area contributed by atoms with Gasteiger partial charge in [0, 0.05) is 6.20 Å². The first-order chi connectivity index (χ1) is 16.4. The predicted molar refractivity (Wildman–Crippen MR) is 128 cm³/mol. The third-order valence-corrected chi connectivity index (χ3v) is 6.10. The van der Waals surface area contributed by atoms with Gasteiger partial charge in [-0.25, -0.2) is 14.3 Å². The first-order valence-corrected chi connectivity index (χ1v) is 11.7. The van der Waals surface area contributed by atoms with Crippen molar-refractivity contribution in [1.82, 2.24) is 9.78 Å². The molecule has 0 bridgehead atoms. The minimum absolute atomic E-state index is 0.0670. The predicted octanol–water partition coefficient (Wildman–Crippen LogP) is 4.94. The number of anilines is 1. The molecular weight excluding hydrogens is 482 g/mol. The molecule has 3 rings (SSSR count). The summed E-state index contributed by atoms with van der Waals surface area (Å²) in [6.07, 6.45) is 2.08. The van der Waals surface area contributed by atoms with E-state index in [1.54, 1.807) is 38.1 Å². The van der Waals surface area contributed by atoms with E-state index < -0.39 is 17.8 Å². The number of ether oxygens (including phenoxy) is 3. The number of aromatic nitrogens is 2. The number of esters is 2. The molecule has 0 aliphatic carbocycles. The Morgan fingerprint density at radius 3 is 2.59 bits per heavy atom. The van der Waals surface area contributed by atoms with Gasteiger partial charge in [0.1, 0.15) is 21.3 Å². The van der Waals surface area contributed by atoms with Gasteiger partial charge >= 0.3 is 11.9 Å². The van der Waals surface area contributed by atoms with Crippen molar-refractivity contribution in [3.63, 3.8) is 0 Å². The van der Waals surface area contributed by atoms with Crippen molar-refractivity contribution in [3.05, 3.63) is 63.2 Å². The van der Waals surface area contributed by atoms with Crippen LogP contribution < -0.4 is 10.1 Å². The number of carbonyl (C=O) groups excluding carboxylic acids is 3. The Bertz CT molecular complexity index is 1190. The SMILES string of the molecule is CCCOC(=O)c1c(NC(=O)c2ccnn2COc2ccccc2Cl)sc(C(=O)OCC)c1C. The fourth-order valence-corrected chi connectivity index (χ4v) is 4.27. The van der Waals surface area contributed by atoms with E-state index in [0.29, 0.717) is 22.8 Å². The number of hydrogen-bond donors (Lipinski definition) is 1. The first kappa shape index (κ1) is 25.3. The number of amides is 1. The van der Waals surface area contributed by atoms with Crippen LogP contribution in [-0.2, 0) is 16.2 Å². The molecule has 11 heteroatoms. The van der Waals surface area contributed by atoms with Gasteiger partial charge < -0.3 is 19.5 Å². The van der Waals surface area contributed by atoms with Crippen LogP contribution in [0, 0.1) is 6.92 Å². The summed E-state index contributed by atoms with van der Waals surface area (Å²) >= 11 is 7.06. The fourth-order valence-electron chi connectivity index (χ4n) is 2.99. The van der Waals surface area contributed by atoms with Crippen LogP contribution >= 0.6 is 22.9 Å².